The molecule has 76 valence electrons. The van der Waals surface area contributed by atoms with E-state index in [1.165, 1.54) is 5.56 Å². The second-order valence-electron chi connectivity index (χ2n) is 3.34. The average molecular weight is 220 g/mol. The summed E-state index contributed by atoms with van der Waals surface area (Å²) in [6.45, 7) is 2.02. The highest BCUT2D eigenvalue weighted by molar-refractivity contribution is 6.32. The summed E-state index contributed by atoms with van der Waals surface area (Å²) in [6, 6.07) is 9.72. The van der Waals surface area contributed by atoms with Crippen molar-refractivity contribution in [3.8, 4) is 11.1 Å². The molecule has 0 spiro atoms. The maximum atomic E-state index is 5.95. The van der Waals surface area contributed by atoms with E-state index in [9.17, 15) is 0 Å². The lowest BCUT2D eigenvalue weighted by Gasteiger charge is -2.04. The van der Waals surface area contributed by atoms with E-state index in [1.807, 2.05) is 31.2 Å². The van der Waals surface area contributed by atoms with E-state index >= 15 is 0 Å². The van der Waals surface area contributed by atoms with Crippen molar-refractivity contribution in [1.29, 1.82) is 0 Å². The van der Waals surface area contributed by atoms with Crippen LogP contribution >= 0.6 is 11.6 Å². The SMILES string of the molecule is Cc1cccc(-c2cc(N)nnc2Cl)c1. The minimum Gasteiger partial charge on any atom is -0.382 e. The van der Waals surface area contributed by atoms with Gasteiger partial charge in [-0.25, -0.2) is 0 Å². The number of nitrogens with zero attached hydrogens (tertiary/aromatic N) is 2. The van der Waals surface area contributed by atoms with Gasteiger partial charge < -0.3 is 5.73 Å². The highest BCUT2D eigenvalue weighted by Crippen LogP contribution is 2.27. The van der Waals surface area contributed by atoms with E-state index in [0.717, 1.165) is 11.1 Å². The van der Waals surface area contributed by atoms with Crippen molar-refractivity contribution in [1.82, 2.24) is 10.2 Å². The lowest BCUT2D eigenvalue weighted by molar-refractivity contribution is 1.04. The predicted octanol–water partition coefficient (Wildman–Crippen LogP) is 2.69. The van der Waals surface area contributed by atoms with Gasteiger partial charge in [0.25, 0.3) is 0 Å². The molecule has 0 saturated heterocycles. The van der Waals surface area contributed by atoms with E-state index in [2.05, 4.69) is 10.2 Å². The third-order valence-electron chi connectivity index (χ3n) is 2.10. The van der Waals surface area contributed by atoms with Crippen molar-refractivity contribution in [2.45, 2.75) is 6.92 Å². The van der Waals surface area contributed by atoms with Crippen LogP contribution in [0, 0.1) is 6.92 Å². The molecule has 2 rings (SSSR count). The van der Waals surface area contributed by atoms with Gasteiger partial charge in [-0.05, 0) is 18.6 Å². The summed E-state index contributed by atoms with van der Waals surface area (Å²) in [5.74, 6) is 0.371. The fourth-order valence-electron chi connectivity index (χ4n) is 1.41. The number of nitrogens with two attached hydrogens (primary N) is 1. The molecule has 1 aromatic carbocycles. The van der Waals surface area contributed by atoms with Crippen LogP contribution in [-0.2, 0) is 0 Å². The second kappa shape index (κ2) is 3.87. The third kappa shape index (κ3) is 2.07. The molecule has 2 N–H and O–H groups in total. The van der Waals surface area contributed by atoms with Crippen LogP contribution in [0.15, 0.2) is 30.3 Å². The van der Waals surface area contributed by atoms with Gasteiger partial charge in [-0.1, -0.05) is 41.4 Å². The van der Waals surface area contributed by atoms with Crippen LogP contribution < -0.4 is 5.73 Å². The Morgan fingerprint density at radius 2 is 2.00 bits per heavy atom. The van der Waals surface area contributed by atoms with Gasteiger partial charge in [0.15, 0.2) is 5.15 Å². The van der Waals surface area contributed by atoms with Crippen molar-refractivity contribution in [3.05, 3.63) is 41.0 Å². The van der Waals surface area contributed by atoms with Gasteiger partial charge >= 0.3 is 0 Å². The quantitative estimate of drug-likeness (QED) is 0.802. The van der Waals surface area contributed by atoms with E-state index in [1.54, 1.807) is 6.07 Å². The smallest absolute Gasteiger partial charge is 0.159 e. The normalized spacial score (nSPS) is 10.3. The molecule has 0 amide bonds. The molecule has 0 fully saturated rings. The zero-order chi connectivity index (χ0) is 10.8. The third-order valence-corrected chi connectivity index (χ3v) is 2.38. The van der Waals surface area contributed by atoms with Crippen LogP contribution in [0.1, 0.15) is 5.56 Å². The number of rotatable bonds is 1. The Morgan fingerprint density at radius 1 is 1.20 bits per heavy atom. The Hall–Kier alpha value is -1.61. The molecule has 1 aromatic heterocycles. The lowest BCUT2D eigenvalue weighted by Crippen LogP contribution is -1.94. The minimum absolute atomic E-state index is 0.370. The summed E-state index contributed by atoms with van der Waals surface area (Å²) in [5.41, 5.74) is 8.55. The number of benzene rings is 1. The van der Waals surface area contributed by atoms with Crippen LogP contribution in [0.2, 0.25) is 5.15 Å². The largest absolute Gasteiger partial charge is 0.382 e. The summed E-state index contributed by atoms with van der Waals surface area (Å²) in [5, 5.41) is 7.83. The van der Waals surface area contributed by atoms with Crippen molar-refractivity contribution >= 4 is 17.4 Å². The second-order valence-corrected chi connectivity index (χ2v) is 3.70. The number of aromatic nitrogens is 2. The fraction of sp³-hybridized carbons (Fsp3) is 0.0909. The zero-order valence-corrected chi connectivity index (χ0v) is 8.99. The molecule has 1 heterocycles. The van der Waals surface area contributed by atoms with Gasteiger partial charge in [0.05, 0.1) is 0 Å². The first-order valence-electron chi connectivity index (χ1n) is 4.52. The Balaban J connectivity index is 2.58. The first-order chi connectivity index (χ1) is 7.16. The number of hydrogen-bond donors (Lipinski definition) is 1. The van der Waals surface area contributed by atoms with E-state index in [0.29, 0.717) is 11.0 Å². The first kappa shape index (κ1) is 9.93. The van der Waals surface area contributed by atoms with Crippen LogP contribution in [0.5, 0.6) is 0 Å². The Bertz CT molecular complexity index is 497. The molecule has 0 aliphatic heterocycles. The van der Waals surface area contributed by atoms with E-state index in [4.69, 9.17) is 17.3 Å². The number of aryl methyl sites for hydroxylation is 1. The fourth-order valence-corrected chi connectivity index (χ4v) is 1.61. The summed E-state index contributed by atoms with van der Waals surface area (Å²) in [7, 11) is 0. The van der Waals surface area contributed by atoms with Gasteiger partial charge in [0.1, 0.15) is 5.82 Å². The van der Waals surface area contributed by atoms with Gasteiger partial charge in [0, 0.05) is 5.56 Å². The molecule has 0 radical (unpaired) electrons. The molecule has 0 aliphatic carbocycles. The summed E-state index contributed by atoms with van der Waals surface area (Å²) in [4.78, 5) is 0. The first-order valence-corrected chi connectivity index (χ1v) is 4.90. The van der Waals surface area contributed by atoms with Crippen molar-refractivity contribution in [2.24, 2.45) is 0 Å². The molecule has 0 saturated carbocycles. The number of halogens is 1. The van der Waals surface area contributed by atoms with Gasteiger partial charge in [-0.2, -0.15) is 0 Å². The van der Waals surface area contributed by atoms with Crippen molar-refractivity contribution < 1.29 is 0 Å². The summed E-state index contributed by atoms with van der Waals surface area (Å²) in [6.07, 6.45) is 0. The maximum Gasteiger partial charge on any atom is 0.159 e. The Kier molecular flexibility index (Phi) is 2.56. The summed E-state index contributed by atoms with van der Waals surface area (Å²) >= 11 is 5.95. The monoisotopic (exact) mass is 219 g/mol. The molecular weight excluding hydrogens is 210 g/mol. The molecule has 0 atom stereocenters. The van der Waals surface area contributed by atoms with E-state index in [-0.39, 0.29) is 0 Å². The molecule has 0 aliphatic rings. The van der Waals surface area contributed by atoms with Gasteiger partial charge in [-0.3, -0.25) is 0 Å². The van der Waals surface area contributed by atoms with Crippen LogP contribution in [0.3, 0.4) is 0 Å². The molecule has 0 unspecified atom stereocenters. The summed E-state index contributed by atoms with van der Waals surface area (Å²) < 4.78 is 0. The lowest BCUT2D eigenvalue weighted by atomic mass is 10.1. The van der Waals surface area contributed by atoms with Gasteiger partial charge in [-0.15, -0.1) is 10.2 Å². The van der Waals surface area contributed by atoms with Crippen LogP contribution in [0.25, 0.3) is 11.1 Å². The number of anilines is 1. The molecule has 0 bridgehead atoms. The van der Waals surface area contributed by atoms with Crippen LogP contribution in [-0.4, -0.2) is 10.2 Å². The molecule has 15 heavy (non-hydrogen) atoms. The van der Waals surface area contributed by atoms with E-state index < -0.39 is 0 Å². The minimum atomic E-state index is 0.370. The topological polar surface area (TPSA) is 51.8 Å². The molecule has 3 nitrogen and oxygen atoms in total. The number of nitrogen functional groups attached to an aromatic ring is 1. The Labute approximate surface area is 92.9 Å². The molecular formula is C11H10ClN3. The standard InChI is InChI=1S/C11H10ClN3/c1-7-3-2-4-8(5-7)9-6-10(13)14-15-11(9)12/h2-6H,1H3,(H2,13,14). The van der Waals surface area contributed by atoms with Crippen LogP contribution in [0.4, 0.5) is 5.82 Å². The van der Waals surface area contributed by atoms with Gasteiger partial charge in [0.2, 0.25) is 0 Å². The highest BCUT2D eigenvalue weighted by atomic mass is 35.5. The molecule has 2 aromatic rings. The average Bonchev–Trinajstić information content (AvgIpc) is 2.22. The Morgan fingerprint density at radius 3 is 2.73 bits per heavy atom. The highest BCUT2D eigenvalue weighted by Gasteiger charge is 2.06. The van der Waals surface area contributed by atoms with Crippen molar-refractivity contribution in [2.75, 3.05) is 5.73 Å². The predicted molar refractivity (Wildman–Crippen MR) is 61.6 cm³/mol. The zero-order valence-electron chi connectivity index (χ0n) is 8.24. The van der Waals surface area contributed by atoms with Crippen molar-refractivity contribution in [3.63, 3.8) is 0 Å². The molecule has 4 heteroatoms. The number of hydrogen-bond acceptors (Lipinski definition) is 3. The maximum absolute atomic E-state index is 5.95.